The van der Waals surface area contributed by atoms with E-state index < -0.39 is 0 Å². The monoisotopic (exact) mass is 393 g/mol. The van der Waals surface area contributed by atoms with Gasteiger partial charge in [-0.3, -0.25) is 0 Å². The number of anilines is 1. The lowest BCUT2D eigenvalue weighted by molar-refractivity contribution is 0.408. The number of aromatic nitrogens is 3. The van der Waals surface area contributed by atoms with Crippen molar-refractivity contribution in [3.8, 4) is 5.69 Å². The number of thiocarbonyl (C=S) groups is 1. The topological polar surface area (TPSA) is 46.0 Å². The zero-order valence-corrected chi connectivity index (χ0v) is 17.5. The van der Waals surface area contributed by atoms with Crippen LogP contribution in [0.4, 0.5) is 5.69 Å². The molecule has 2 aromatic carbocycles. The van der Waals surface area contributed by atoms with Crippen molar-refractivity contribution in [2.45, 2.75) is 39.2 Å². The molecule has 1 N–H and O–H groups in total. The van der Waals surface area contributed by atoms with Crippen molar-refractivity contribution in [3.05, 3.63) is 72.3 Å². The largest absolute Gasteiger partial charge is 0.345 e. The zero-order chi connectivity index (χ0) is 19.9. The lowest BCUT2D eigenvalue weighted by Gasteiger charge is -2.28. The normalized spacial score (nSPS) is 11.8. The van der Waals surface area contributed by atoms with E-state index in [0.717, 1.165) is 17.8 Å². The molecule has 1 heterocycles. The van der Waals surface area contributed by atoms with Crippen LogP contribution in [-0.2, 0) is 6.42 Å². The summed E-state index contributed by atoms with van der Waals surface area (Å²) in [5.41, 5.74) is 4.56. The zero-order valence-electron chi connectivity index (χ0n) is 16.7. The molecule has 0 radical (unpaired) electrons. The standard InChI is InChI=1S/C22H27N5S/c1-4-5-6-18-7-11-20(12-8-18)25-22(28)26(3)17(2)19-9-13-21(14-10-19)27-16-23-15-24-27/h7-17H,4-6H2,1-3H3,(H,25,28)/t17-/m1/s1. The number of aryl methyl sites for hydroxylation is 1. The van der Waals surface area contributed by atoms with Crippen molar-refractivity contribution >= 4 is 23.0 Å². The number of nitrogens with zero attached hydrogens (tertiary/aromatic N) is 4. The first-order valence-corrected chi connectivity index (χ1v) is 10.1. The predicted molar refractivity (Wildman–Crippen MR) is 119 cm³/mol. The molecule has 0 aliphatic heterocycles. The fraction of sp³-hybridized carbons (Fsp3) is 0.318. The lowest BCUT2D eigenvalue weighted by Crippen LogP contribution is -2.33. The first-order chi connectivity index (χ1) is 13.6. The molecule has 1 atom stereocenters. The number of unbranched alkanes of at least 4 members (excludes halogenated alkanes) is 1. The van der Waals surface area contributed by atoms with Crippen LogP contribution in [0.3, 0.4) is 0 Å². The van der Waals surface area contributed by atoms with Gasteiger partial charge in [-0.1, -0.05) is 37.6 Å². The van der Waals surface area contributed by atoms with Crippen LogP contribution in [0.15, 0.2) is 61.2 Å². The second-order valence-electron chi connectivity index (χ2n) is 6.95. The summed E-state index contributed by atoms with van der Waals surface area (Å²) in [6.45, 7) is 4.36. The molecule has 6 heteroatoms. The van der Waals surface area contributed by atoms with Gasteiger partial charge in [0.1, 0.15) is 12.7 Å². The van der Waals surface area contributed by atoms with Gasteiger partial charge in [0.05, 0.1) is 11.7 Å². The maximum Gasteiger partial charge on any atom is 0.173 e. The highest BCUT2D eigenvalue weighted by Crippen LogP contribution is 2.21. The molecule has 0 aliphatic carbocycles. The third-order valence-electron chi connectivity index (χ3n) is 4.98. The Hall–Kier alpha value is -2.73. The van der Waals surface area contributed by atoms with Crippen molar-refractivity contribution in [2.75, 3.05) is 12.4 Å². The molecule has 0 bridgehead atoms. The van der Waals surface area contributed by atoms with Gasteiger partial charge in [0, 0.05) is 12.7 Å². The number of benzene rings is 2. The van der Waals surface area contributed by atoms with Gasteiger partial charge in [-0.15, -0.1) is 0 Å². The molecule has 0 amide bonds. The van der Waals surface area contributed by atoms with E-state index in [1.807, 2.05) is 19.2 Å². The Kier molecular flexibility index (Phi) is 6.76. The molecule has 0 fully saturated rings. The summed E-state index contributed by atoms with van der Waals surface area (Å²) in [4.78, 5) is 6.06. The van der Waals surface area contributed by atoms with Crippen LogP contribution in [0.2, 0.25) is 0 Å². The number of nitrogens with one attached hydrogen (secondary N) is 1. The summed E-state index contributed by atoms with van der Waals surface area (Å²) in [5, 5.41) is 8.21. The summed E-state index contributed by atoms with van der Waals surface area (Å²) >= 11 is 5.62. The van der Waals surface area contributed by atoms with E-state index in [4.69, 9.17) is 12.2 Å². The van der Waals surface area contributed by atoms with Gasteiger partial charge in [-0.2, -0.15) is 5.10 Å². The van der Waals surface area contributed by atoms with E-state index in [0.29, 0.717) is 5.11 Å². The Morgan fingerprint density at radius 2 is 1.86 bits per heavy atom. The maximum atomic E-state index is 5.62. The molecular formula is C22H27N5S. The highest BCUT2D eigenvalue weighted by molar-refractivity contribution is 7.80. The van der Waals surface area contributed by atoms with E-state index in [-0.39, 0.29) is 6.04 Å². The lowest BCUT2D eigenvalue weighted by atomic mass is 10.1. The molecule has 0 saturated carbocycles. The molecule has 0 unspecified atom stereocenters. The van der Waals surface area contributed by atoms with Crippen LogP contribution in [0, 0.1) is 0 Å². The molecule has 1 aromatic heterocycles. The van der Waals surface area contributed by atoms with Crippen molar-refractivity contribution in [1.82, 2.24) is 19.7 Å². The summed E-state index contributed by atoms with van der Waals surface area (Å²) in [6, 6.07) is 17.0. The van der Waals surface area contributed by atoms with Gasteiger partial charge in [0.15, 0.2) is 5.11 Å². The minimum atomic E-state index is 0.147. The quantitative estimate of drug-likeness (QED) is 0.572. The molecule has 0 spiro atoms. The predicted octanol–water partition coefficient (Wildman–Crippen LogP) is 5.00. The van der Waals surface area contributed by atoms with Crippen molar-refractivity contribution in [3.63, 3.8) is 0 Å². The van der Waals surface area contributed by atoms with Crippen LogP contribution >= 0.6 is 12.2 Å². The molecule has 146 valence electrons. The number of hydrogen-bond acceptors (Lipinski definition) is 3. The summed E-state index contributed by atoms with van der Waals surface area (Å²) in [6.07, 6.45) is 6.79. The fourth-order valence-electron chi connectivity index (χ4n) is 2.99. The molecule has 0 aliphatic rings. The van der Waals surface area contributed by atoms with Crippen molar-refractivity contribution in [1.29, 1.82) is 0 Å². The van der Waals surface area contributed by atoms with Crippen LogP contribution in [0.1, 0.15) is 43.9 Å². The highest BCUT2D eigenvalue weighted by atomic mass is 32.1. The maximum absolute atomic E-state index is 5.62. The van der Waals surface area contributed by atoms with E-state index in [2.05, 4.69) is 70.5 Å². The van der Waals surface area contributed by atoms with Gasteiger partial charge >= 0.3 is 0 Å². The third-order valence-corrected chi connectivity index (χ3v) is 5.37. The number of hydrogen-bond donors (Lipinski definition) is 1. The Bertz CT molecular complexity index is 872. The highest BCUT2D eigenvalue weighted by Gasteiger charge is 2.15. The van der Waals surface area contributed by atoms with Crippen molar-refractivity contribution < 1.29 is 0 Å². The van der Waals surface area contributed by atoms with Gasteiger partial charge in [0.25, 0.3) is 0 Å². The van der Waals surface area contributed by atoms with Crippen LogP contribution in [0.5, 0.6) is 0 Å². The molecule has 3 aromatic rings. The first-order valence-electron chi connectivity index (χ1n) is 9.66. The van der Waals surface area contributed by atoms with E-state index in [9.17, 15) is 0 Å². The Balaban J connectivity index is 1.60. The fourth-order valence-corrected chi connectivity index (χ4v) is 3.27. The van der Waals surface area contributed by atoms with Gasteiger partial charge < -0.3 is 10.2 Å². The van der Waals surface area contributed by atoms with E-state index >= 15 is 0 Å². The summed E-state index contributed by atoms with van der Waals surface area (Å²) in [5.74, 6) is 0. The van der Waals surface area contributed by atoms with Gasteiger partial charge in [-0.05, 0) is 67.4 Å². The van der Waals surface area contributed by atoms with Crippen molar-refractivity contribution in [2.24, 2.45) is 0 Å². The molecule has 28 heavy (non-hydrogen) atoms. The second kappa shape index (κ2) is 9.46. The smallest absolute Gasteiger partial charge is 0.173 e. The molecule has 3 rings (SSSR count). The van der Waals surface area contributed by atoms with Crippen LogP contribution in [-0.4, -0.2) is 31.8 Å². The molecular weight excluding hydrogens is 366 g/mol. The third kappa shape index (κ3) is 4.95. The van der Waals surface area contributed by atoms with Crippen LogP contribution in [0.25, 0.3) is 5.69 Å². The Labute approximate surface area is 172 Å². The number of rotatable bonds is 7. The average Bonchev–Trinajstić information content (AvgIpc) is 3.27. The summed E-state index contributed by atoms with van der Waals surface area (Å²) < 4.78 is 1.74. The minimum Gasteiger partial charge on any atom is -0.345 e. The van der Waals surface area contributed by atoms with Gasteiger partial charge in [0.2, 0.25) is 0 Å². The summed E-state index contributed by atoms with van der Waals surface area (Å²) in [7, 11) is 2.01. The van der Waals surface area contributed by atoms with Crippen LogP contribution < -0.4 is 5.32 Å². The molecule has 0 saturated heterocycles. The SMILES string of the molecule is CCCCc1ccc(NC(=S)N(C)[C@H](C)c2ccc(-n3cncn3)cc2)cc1. The first kappa shape index (κ1) is 20.0. The average molecular weight is 394 g/mol. The Morgan fingerprint density at radius 3 is 2.46 bits per heavy atom. The minimum absolute atomic E-state index is 0.147. The van der Waals surface area contributed by atoms with E-state index in [1.54, 1.807) is 11.0 Å². The second-order valence-corrected chi connectivity index (χ2v) is 7.34. The Morgan fingerprint density at radius 1 is 1.14 bits per heavy atom. The molecule has 5 nitrogen and oxygen atoms in total. The van der Waals surface area contributed by atoms with Gasteiger partial charge in [-0.25, -0.2) is 9.67 Å². The van der Waals surface area contributed by atoms with E-state index in [1.165, 1.54) is 30.3 Å².